The smallest absolute Gasteiger partial charge is 0.0204 e. The van der Waals surface area contributed by atoms with Gasteiger partial charge in [0.1, 0.15) is 0 Å². The Balaban J connectivity index is 3.34. The molecule has 0 rings (SSSR count). The highest BCUT2D eigenvalue weighted by Gasteiger charge is 2.07. The van der Waals surface area contributed by atoms with E-state index in [9.17, 15) is 0 Å². The summed E-state index contributed by atoms with van der Waals surface area (Å²) in [5.41, 5.74) is 0. The van der Waals surface area contributed by atoms with Crippen LogP contribution in [0.5, 0.6) is 0 Å². The van der Waals surface area contributed by atoms with E-state index in [4.69, 9.17) is 0 Å². The summed E-state index contributed by atoms with van der Waals surface area (Å²) in [5.74, 6) is 1.70. The number of hydrogen-bond acceptors (Lipinski definition) is 0. The van der Waals surface area contributed by atoms with E-state index in [0.29, 0.717) is 0 Å². The van der Waals surface area contributed by atoms with Crippen molar-refractivity contribution in [2.75, 3.05) is 12.3 Å². The van der Waals surface area contributed by atoms with Gasteiger partial charge < -0.3 is 0 Å². The first kappa shape index (κ1) is 10.9. The van der Waals surface area contributed by atoms with Crippen LogP contribution in [0.25, 0.3) is 0 Å². The van der Waals surface area contributed by atoms with Crippen molar-refractivity contribution in [3.05, 3.63) is 0 Å². The Labute approximate surface area is 74.3 Å². The molecule has 0 unspecified atom stereocenters. The number of hydrogen-bond donors (Lipinski definition) is 0. The molecule has 0 spiro atoms. The Kier molecular flexibility index (Phi) is 6.05. The fourth-order valence-electron chi connectivity index (χ4n) is 0.867. The summed E-state index contributed by atoms with van der Waals surface area (Å²) in [7, 11) is 0. The Morgan fingerprint density at radius 2 is 1.30 bits per heavy atom. The molecule has 10 heavy (non-hydrogen) atoms. The van der Waals surface area contributed by atoms with Gasteiger partial charge in [0.25, 0.3) is 0 Å². The lowest BCUT2D eigenvalue weighted by molar-refractivity contribution is 0.723. The van der Waals surface area contributed by atoms with Gasteiger partial charge in [-0.3, -0.25) is 0 Å². The molecule has 0 saturated carbocycles. The molecule has 0 N–H and O–H groups in total. The molecule has 0 aliphatic rings. The first-order valence-electron chi connectivity index (χ1n) is 3.93. The van der Waals surface area contributed by atoms with Crippen LogP contribution < -0.4 is 0 Å². The van der Waals surface area contributed by atoms with Gasteiger partial charge in [0.05, 0.1) is 0 Å². The molecule has 0 aromatic rings. The van der Waals surface area contributed by atoms with E-state index >= 15 is 0 Å². The molecule has 62 valence electrons. The highest BCUT2D eigenvalue weighted by Crippen LogP contribution is 2.46. The lowest BCUT2D eigenvalue weighted by atomic mass is 10.3. The van der Waals surface area contributed by atoms with Crippen molar-refractivity contribution >= 4 is 22.1 Å². The second kappa shape index (κ2) is 5.55. The molecule has 0 atom stereocenters. The summed E-state index contributed by atoms with van der Waals surface area (Å²) < 4.78 is 0. The maximum absolute atomic E-state index is 3.74. The minimum atomic E-state index is 0.153. The van der Waals surface area contributed by atoms with Crippen LogP contribution in [0, 0.1) is 11.8 Å². The van der Waals surface area contributed by atoms with E-state index in [1.165, 1.54) is 12.3 Å². The second-order valence-electron chi connectivity index (χ2n) is 3.62. The molecule has 0 aliphatic heterocycles. The van der Waals surface area contributed by atoms with Gasteiger partial charge in [-0.15, -0.1) is 0 Å². The quantitative estimate of drug-likeness (QED) is 0.632. The SMILES string of the molecule is CC(C)CP(Br)CC(C)C. The predicted molar refractivity (Wildman–Crippen MR) is 55.3 cm³/mol. The molecule has 0 heterocycles. The van der Waals surface area contributed by atoms with Gasteiger partial charge in [0.2, 0.25) is 0 Å². The van der Waals surface area contributed by atoms with E-state index < -0.39 is 0 Å². The highest BCUT2D eigenvalue weighted by molar-refractivity contribution is 9.39. The minimum absolute atomic E-state index is 0.153. The van der Waals surface area contributed by atoms with Gasteiger partial charge in [-0.1, -0.05) is 43.2 Å². The van der Waals surface area contributed by atoms with E-state index in [-0.39, 0.29) is 6.62 Å². The molecule has 0 aromatic heterocycles. The topological polar surface area (TPSA) is 0 Å². The normalized spacial score (nSPS) is 12.0. The zero-order valence-electron chi connectivity index (χ0n) is 7.39. The zero-order valence-corrected chi connectivity index (χ0v) is 9.87. The Bertz CT molecular complexity index is 71.3. The summed E-state index contributed by atoms with van der Waals surface area (Å²) in [5, 5.41) is 0. The van der Waals surface area contributed by atoms with E-state index in [0.717, 1.165) is 11.8 Å². The van der Waals surface area contributed by atoms with Crippen LogP contribution in [0.4, 0.5) is 0 Å². The van der Waals surface area contributed by atoms with Crippen LogP contribution in [0.1, 0.15) is 27.7 Å². The first-order valence-corrected chi connectivity index (χ1v) is 7.66. The van der Waals surface area contributed by atoms with Crippen LogP contribution in [0.2, 0.25) is 0 Å². The molecule has 0 radical (unpaired) electrons. The van der Waals surface area contributed by atoms with Crippen molar-refractivity contribution in [3.63, 3.8) is 0 Å². The molecule has 0 saturated heterocycles. The third-order valence-electron chi connectivity index (χ3n) is 1.13. The lowest BCUT2D eigenvalue weighted by Crippen LogP contribution is -1.98. The van der Waals surface area contributed by atoms with Gasteiger partial charge in [-0.05, 0) is 30.8 Å². The van der Waals surface area contributed by atoms with E-state index in [1.807, 2.05) is 0 Å². The van der Waals surface area contributed by atoms with Gasteiger partial charge in [0.15, 0.2) is 0 Å². The Hall–Kier alpha value is 0.910. The second-order valence-corrected chi connectivity index (χ2v) is 8.28. The van der Waals surface area contributed by atoms with Crippen molar-refractivity contribution < 1.29 is 0 Å². The summed E-state index contributed by atoms with van der Waals surface area (Å²) in [6.45, 7) is 9.31. The average molecular weight is 225 g/mol. The van der Waals surface area contributed by atoms with E-state index in [2.05, 4.69) is 43.2 Å². The van der Waals surface area contributed by atoms with Crippen molar-refractivity contribution in [1.29, 1.82) is 0 Å². The fraction of sp³-hybridized carbons (Fsp3) is 1.00. The molecule has 0 aromatic carbocycles. The van der Waals surface area contributed by atoms with Crippen LogP contribution in [-0.4, -0.2) is 12.3 Å². The number of rotatable bonds is 4. The Morgan fingerprint density at radius 3 is 1.50 bits per heavy atom. The summed E-state index contributed by atoms with van der Waals surface area (Å²) in [6.07, 6.45) is 2.74. The van der Waals surface area contributed by atoms with E-state index in [1.54, 1.807) is 0 Å². The maximum atomic E-state index is 3.74. The van der Waals surface area contributed by atoms with Gasteiger partial charge >= 0.3 is 0 Å². The summed E-state index contributed by atoms with van der Waals surface area (Å²) >= 11 is 3.74. The standard InChI is InChI=1S/C8H18BrP/c1-7(2)5-10(9)6-8(3)4/h7-8H,5-6H2,1-4H3. The third-order valence-corrected chi connectivity index (χ3v) is 5.12. The molecule has 0 bridgehead atoms. The highest BCUT2D eigenvalue weighted by atomic mass is 79.9. The van der Waals surface area contributed by atoms with Crippen LogP contribution in [0.15, 0.2) is 0 Å². The van der Waals surface area contributed by atoms with Gasteiger partial charge in [-0.25, -0.2) is 0 Å². The first-order chi connectivity index (χ1) is 4.52. The molecule has 0 nitrogen and oxygen atoms in total. The summed E-state index contributed by atoms with van der Waals surface area (Å²) in [6, 6.07) is 0. The minimum Gasteiger partial charge on any atom is -0.0624 e. The molecular weight excluding hydrogens is 207 g/mol. The largest absolute Gasteiger partial charge is 0.0624 e. The van der Waals surface area contributed by atoms with Crippen molar-refractivity contribution in [3.8, 4) is 0 Å². The van der Waals surface area contributed by atoms with Crippen LogP contribution in [0.3, 0.4) is 0 Å². The van der Waals surface area contributed by atoms with Crippen molar-refractivity contribution in [1.82, 2.24) is 0 Å². The van der Waals surface area contributed by atoms with Crippen molar-refractivity contribution in [2.24, 2.45) is 11.8 Å². The lowest BCUT2D eigenvalue weighted by Gasteiger charge is -2.14. The van der Waals surface area contributed by atoms with Gasteiger partial charge in [-0.2, -0.15) is 0 Å². The maximum Gasteiger partial charge on any atom is -0.0204 e. The molecule has 0 fully saturated rings. The van der Waals surface area contributed by atoms with Crippen molar-refractivity contribution in [2.45, 2.75) is 27.7 Å². The van der Waals surface area contributed by atoms with Gasteiger partial charge in [0, 0.05) is 0 Å². The predicted octanol–water partition coefficient (Wildman–Crippen LogP) is 4.09. The molecule has 0 amide bonds. The van der Waals surface area contributed by atoms with Crippen LogP contribution in [-0.2, 0) is 0 Å². The molecule has 0 aliphatic carbocycles. The zero-order chi connectivity index (χ0) is 8.15. The number of halogens is 1. The third kappa shape index (κ3) is 7.02. The monoisotopic (exact) mass is 224 g/mol. The van der Waals surface area contributed by atoms with Crippen LogP contribution >= 0.6 is 22.1 Å². The molecule has 2 heteroatoms. The fourth-order valence-corrected chi connectivity index (χ4v) is 6.08. The average Bonchev–Trinajstić information content (AvgIpc) is 1.58. The summed E-state index contributed by atoms with van der Waals surface area (Å²) in [4.78, 5) is 0. The molecular formula is C8H18BrP. The Morgan fingerprint density at radius 1 is 1.00 bits per heavy atom.